The molecular formula is C14H12BrN3O3. The van der Waals surface area contributed by atoms with Crippen molar-refractivity contribution in [2.24, 2.45) is 14.1 Å². The molecule has 0 radical (unpaired) electrons. The van der Waals surface area contributed by atoms with E-state index in [0.717, 1.165) is 13.6 Å². The topological polar surface area (TPSA) is 88.0 Å². The van der Waals surface area contributed by atoms with Crippen LogP contribution in [0.4, 0.5) is 0 Å². The van der Waals surface area contributed by atoms with Gasteiger partial charge in [0.1, 0.15) is 5.92 Å². The summed E-state index contributed by atoms with van der Waals surface area (Å²) >= 11 is 3.29. The summed E-state index contributed by atoms with van der Waals surface area (Å²) in [5.41, 5.74) is -0.866. The van der Waals surface area contributed by atoms with Gasteiger partial charge in [-0.3, -0.25) is 13.9 Å². The van der Waals surface area contributed by atoms with Crippen LogP contribution >= 0.6 is 15.9 Å². The second kappa shape index (κ2) is 5.58. The maximum atomic E-state index is 12.2. The van der Waals surface area contributed by atoms with Gasteiger partial charge >= 0.3 is 5.69 Å². The standard InChI is InChI=1S/C14H12BrN3O3/c1-17-12(19)11(13(20)18(2)14(17)21)10(7-16)8-3-5-9(15)6-4-8/h3-6,10,19H,1-2H3. The Morgan fingerprint density at radius 3 is 2.29 bits per heavy atom. The van der Waals surface area contributed by atoms with Gasteiger partial charge in [-0.1, -0.05) is 28.1 Å². The number of benzene rings is 1. The molecule has 0 spiro atoms. The van der Waals surface area contributed by atoms with Gasteiger partial charge in [0.25, 0.3) is 5.56 Å². The fourth-order valence-electron chi connectivity index (χ4n) is 2.07. The zero-order valence-electron chi connectivity index (χ0n) is 11.4. The Kier molecular flexibility index (Phi) is 4.00. The van der Waals surface area contributed by atoms with Gasteiger partial charge in [0.2, 0.25) is 5.88 Å². The minimum atomic E-state index is -0.955. The number of hydrogen-bond donors (Lipinski definition) is 1. The van der Waals surface area contributed by atoms with Crippen molar-refractivity contribution < 1.29 is 5.11 Å². The Bertz CT molecular complexity index is 844. The lowest BCUT2D eigenvalue weighted by Crippen LogP contribution is -2.39. The molecule has 1 atom stereocenters. The second-order valence-electron chi connectivity index (χ2n) is 4.56. The highest BCUT2D eigenvalue weighted by Gasteiger charge is 2.25. The van der Waals surface area contributed by atoms with E-state index in [1.54, 1.807) is 24.3 Å². The average molecular weight is 350 g/mol. The molecule has 0 fully saturated rings. The molecule has 0 bridgehead atoms. The summed E-state index contributed by atoms with van der Waals surface area (Å²) in [5.74, 6) is -1.44. The van der Waals surface area contributed by atoms with Crippen LogP contribution in [0.3, 0.4) is 0 Å². The smallest absolute Gasteiger partial charge is 0.333 e. The van der Waals surface area contributed by atoms with Gasteiger partial charge in [-0.05, 0) is 17.7 Å². The maximum Gasteiger partial charge on any atom is 0.333 e. The third-order valence-corrected chi connectivity index (χ3v) is 3.82. The first-order valence-electron chi connectivity index (χ1n) is 6.02. The van der Waals surface area contributed by atoms with E-state index in [-0.39, 0.29) is 5.56 Å². The first-order valence-corrected chi connectivity index (χ1v) is 6.81. The Balaban J connectivity index is 2.76. The summed E-state index contributed by atoms with van der Waals surface area (Å²) in [6.07, 6.45) is 0. The van der Waals surface area contributed by atoms with E-state index in [1.165, 1.54) is 14.1 Å². The molecule has 7 heteroatoms. The molecular weight excluding hydrogens is 338 g/mol. The first-order chi connectivity index (χ1) is 9.88. The molecule has 0 saturated carbocycles. The molecule has 1 N–H and O–H groups in total. The van der Waals surface area contributed by atoms with Gasteiger partial charge in [0, 0.05) is 18.6 Å². The van der Waals surface area contributed by atoms with Crippen molar-refractivity contribution in [2.45, 2.75) is 5.92 Å². The van der Waals surface area contributed by atoms with Crippen LogP contribution in [0.2, 0.25) is 0 Å². The summed E-state index contributed by atoms with van der Waals surface area (Å²) in [4.78, 5) is 24.0. The molecule has 1 aromatic heterocycles. The third-order valence-electron chi connectivity index (χ3n) is 3.29. The fraction of sp³-hybridized carbons (Fsp3) is 0.214. The largest absolute Gasteiger partial charge is 0.494 e. The third kappa shape index (κ3) is 2.50. The summed E-state index contributed by atoms with van der Waals surface area (Å²) in [6.45, 7) is 0. The number of halogens is 1. The van der Waals surface area contributed by atoms with Crippen LogP contribution in [0.1, 0.15) is 17.0 Å². The van der Waals surface area contributed by atoms with Crippen molar-refractivity contribution in [3.8, 4) is 11.9 Å². The maximum absolute atomic E-state index is 12.2. The molecule has 1 heterocycles. The molecule has 1 aromatic carbocycles. The zero-order valence-corrected chi connectivity index (χ0v) is 13.0. The Labute approximate surface area is 128 Å². The van der Waals surface area contributed by atoms with Crippen LogP contribution in [0.15, 0.2) is 38.3 Å². The predicted octanol–water partition coefficient (Wildman–Crippen LogP) is 1.21. The summed E-state index contributed by atoms with van der Waals surface area (Å²) in [5, 5.41) is 19.5. The van der Waals surface area contributed by atoms with Crippen LogP contribution in [-0.4, -0.2) is 14.2 Å². The van der Waals surface area contributed by atoms with Gasteiger partial charge in [-0.25, -0.2) is 4.79 Å². The number of aromatic hydroxyl groups is 1. The number of hydrogen-bond acceptors (Lipinski definition) is 4. The molecule has 1 unspecified atom stereocenters. The van der Waals surface area contributed by atoms with E-state index < -0.39 is 23.0 Å². The Morgan fingerprint density at radius 2 is 1.76 bits per heavy atom. The Hall–Kier alpha value is -2.33. The minimum Gasteiger partial charge on any atom is -0.494 e. The minimum absolute atomic E-state index is 0.107. The molecule has 2 aromatic rings. The molecule has 108 valence electrons. The van der Waals surface area contributed by atoms with E-state index in [9.17, 15) is 20.0 Å². The molecule has 0 amide bonds. The van der Waals surface area contributed by atoms with E-state index in [0.29, 0.717) is 5.56 Å². The van der Waals surface area contributed by atoms with Crippen LogP contribution in [0, 0.1) is 11.3 Å². The highest BCUT2D eigenvalue weighted by atomic mass is 79.9. The highest BCUT2D eigenvalue weighted by molar-refractivity contribution is 9.10. The number of nitrogens with zero attached hydrogens (tertiary/aromatic N) is 3. The molecule has 2 rings (SSSR count). The number of nitriles is 1. The molecule has 0 aliphatic carbocycles. The lowest BCUT2D eigenvalue weighted by atomic mass is 9.94. The lowest BCUT2D eigenvalue weighted by Gasteiger charge is -2.14. The zero-order chi connectivity index (χ0) is 15.7. The fourth-order valence-corrected chi connectivity index (χ4v) is 2.34. The van der Waals surface area contributed by atoms with Crippen molar-refractivity contribution >= 4 is 15.9 Å². The molecule has 0 saturated heterocycles. The van der Waals surface area contributed by atoms with Crippen LogP contribution < -0.4 is 11.2 Å². The van der Waals surface area contributed by atoms with Crippen LogP contribution in [-0.2, 0) is 14.1 Å². The monoisotopic (exact) mass is 349 g/mol. The predicted molar refractivity (Wildman–Crippen MR) is 80.2 cm³/mol. The molecule has 0 aliphatic heterocycles. The van der Waals surface area contributed by atoms with Crippen molar-refractivity contribution in [1.29, 1.82) is 5.26 Å². The first kappa shape index (κ1) is 15.1. The average Bonchev–Trinajstić information content (AvgIpc) is 2.49. The van der Waals surface area contributed by atoms with Gasteiger partial charge in [-0.2, -0.15) is 5.26 Å². The second-order valence-corrected chi connectivity index (χ2v) is 5.47. The summed E-state index contributed by atoms with van der Waals surface area (Å²) < 4.78 is 2.65. The van der Waals surface area contributed by atoms with Crippen LogP contribution in [0.25, 0.3) is 0 Å². The van der Waals surface area contributed by atoms with Gasteiger partial charge in [0.05, 0.1) is 11.6 Å². The highest BCUT2D eigenvalue weighted by Crippen LogP contribution is 2.27. The SMILES string of the molecule is Cn1c(O)c(C(C#N)c2ccc(Br)cc2)c(=O)n(C)c1=O. The Morgan fingerprint density at radius 1 is 1.19 bits per heavy atom. The van der Waals surface area contributed by atoms with Crippen molar-refractivity contribution in [2.75, 3.05) is 0 Å². The summed E-state index contributed by atoms with van der Waals surface area (Å²) in [7, 11) is 2.65. The number of rotatable bonds is 2. The molecule has 0 aliphatic rings. The van der Waals surface area contributed by atoms with Crippen molar-refractivity contribution in [1.82, 2.24) is 9.13 Å². The molecule has 6 nitrogen and oxygen atoms in total. The van der Waals surface area contributed by atoms with E-state index in [4.69, 9.17) is 0 Å². The normalized spacial score (nSPS) is 11.9. The lowest BCUT2D eigenvalue weighted by molar-refractivity contribution is 0.402. The van der Waals surface area contributed by atoms with Crippen LogP contribution in [0.5, 0.6) is 5.88 Å². The van der Waals surface area contributed by atoms with Crippen molar-refractivity contribution in [3.63, 3.8) is 0 Å². The van der Waals surface area contributed by atoms with E-state index in [1.807, 2.05) is 6.07 Å². The quantitative estimate of drug-likeness (QED) is 0.882. The van der Waals surface area contributed by atoms with Gasteiger partial charge < -0.3 is 5.11 Å². The van der Waals surface area contributed by atoms with Gasteiger partial charge in [-0.15, -0.1) is 0 Å². The molecule has 21 heavy (non-hydrogen) atoms. The number of aromatic nitrogens is 2. The van der Waals surface area contributed by atoms with E-state index >= 15 is 0 Å². The summed E-state index contributed by atoms with van der Waals surface area (Å²) in [6, 6.07) is 8.85. The van der Waals surface area contributed by atoms with Crippen molar-refractivity contribution in [3.05, 3.63) is 60.7 Å². The van der Waals surface area contributed by atoms with Gasteiger partial charge in [0.15, 0.2) is 0 Å². The van der Waals surface area contributed by atoms with E-state index in [2.05, 4.69) is 15.9 Å².